The van der Waals surface area contributed by atoms with Crippen LogP contribution in [-0.2, 0) is 9.53 Å². The zero-order chi connectivity index (χ0) is 12.1. The standard InChI is InChI=1S/C14H19NO2/c1-11(12-7-3-2-4-8-12)15-14(16)13-9-5-6-10-17-13/h2-4,7-8,11,13H,5-6,9-10H2,1H3,(H,15,16). The van der Waals surface area contributed by atoms with Crippen LogP contribution in [0.2, 0.25) is 0 Å². The Morgan fingerprint density at radius 1 is 1.35 bits per heavy atom. The molecule has 1 aromatic rings. The summed E-state index contributed by atoms with van der Waals surface area (Å²) in [4.78, 5) is 11.9. The molecule has 2 unspecified atom stereocenters. The Morgan fingerprint density at radius 3 is 2.76 bits per heavy atom. The van der Waals surface area contributed by atoms with E-state index in [0.29, 0.717) is 6.61 Å². The van der Waals surface area contributed by atoms with Crippen LogP contribution in [-0.4, -0.2) is 18.6 Å². The van der Waals surface area contributed by atoms with Gasteiger partial charge in [0.15, 0.2) is 0 Å². The molecule has 1 fully saturated rings. The number of ether oxygens (including phenoxy) is 1. The summed E-state index contributed by atoms with van der Waals surface area (Å²) in [7, 11) is 0. The van der Waals surface area contributed by atoms with Gasteiger partial charge in [-0.3, -0.25) is 4.79 Å². The molecule has 0 radical (unpaired) electrons. The van der Waals surface area contributed by atoms with Crippen molar-refractivity contribution in [2.45, 2.75) is 38.3 Å². The fraction of sp³-hybridized carbons (Fsp3) is 0.500. The molecule has 1 N–H and O–H groups in total. The van der Waals surface area contributed by atoms with Crippen LogP contribution in [0.5, 0.6) is 0 Å². The first-order chi connectivity index (χ1) is 8.27. The fourth-order valence-electron chi connectivity index (χ4n) is 2.08. The van der Waals surface area contributed by atoms with E-state index in [-0.39, 0.29) is 18.1 Å². The van der Waals surface area contributed by atoms with E-state index in [1.54, 1.807) is 0 Å². The highest BCUT2D eigenvalue weighted by Gasteiger charge is 2.23. The summed E-state index contributed by atoms with van der Waals surface area (Å²) >= 11 is 0. The van der Waals surface area contributed by atoms with Gasteiger partial charge in [0.2, 0.25) is 5.91 Å². The molecule has 2 rings (SSSR count). The SMILES string of the molecule is CC(NC(=O)C1CCCCO1)c1ccccc1. The van der Waals surface area contributed by atoms with Crippen LogP contribution in [0.15, 0.2) is 30.3 Å². The monoisotopic (exact) mass is 233 g/mol. The van der Waals surface area contributed by atoms with Crippen molar-refractivity contribution in [3.05, 3.63) is 35.9 Å². The first-order valence-corrected chi connectivity index (χ1v) is 6.24. The number of carbonyl (C=O) groups is 1. The van der Waals surface area contributed by atoms with E-state index in [1.807, 2.05) is 37.3 Å². The Hall–Kier alpha value is -1.35. The zero-order valence-corrected chi connectivity index (χ0v) is 10.2. The van der Waals surface area contributed by atoms with Crippen molar-refractivity contribution in [3.63, 3.8) is 0 Å². The maximum atomic E-state index is 11.9. The summed E-state index contributed by atoms with van der Waals surface area (Å²) in [6.07, 6.45) is 2.73. The predicted molar refractivity (Wildman–Crippen MR) is 66.6 cm³/mol. The van der Waals surface area contributed by atoms with E-state index >= 15 is 0 Å². The van der Waals surface area contributed by atoms with E-state index in [9.17, 15) is 4.79 Å². The van der Waals surface area contributed by atoms with Gasteiger partial charge in [0.1, 0.15) is 6.10 Å². The minimum atomic E-state index is -0.255. The van der Waals surface area contributed by atoms with Crippen molar-refractivity contribution in [1.29, 1.82) is 0 Å². The third-order valence-electron chi connectivity index (χ3n) is 3.13. The average Bonchev–Trinajstić information content (AvgIpc) is 2.40. The Morgan fingerprint density at radius 2 is 2.12 bits per heavy atom. The lowest BCUT2D eigenvalue weighted by Gasteiger charge is -2.24. The highest BCUT2D eigenvalue weighted by molar-refractivity contribution is 5.81. The van der Waals surface area contributed by atoms with Crippen molar-refractivity contribution in [2.75, 3.05) is 6.61 Å². The van der Waals surface area contributed by atoms with Crippen LogP contribution >= 0.6 is 0 Å². The second-order valence-corrected chi connectivity index (χ2v) is 4.50. The van der Waals surface area contributed by atoms with Gasteiger partial charge < -0.3 is 10.1 Å². The molecule has 0 saturated carbocycles. The lowest BCUT2D eigenvalue weighted by molar-refractivity contribution is -0.136. The van der Waals surface area contributed by atoms with Crippen molar-refractivity contribution < 1.29 is 9.53 Å². The molecule has 3 heteroatoms. The van der Waals surface area contributed by atoms with Crippen LogP contribution in [0, 0.1) is 0 Å². The summed E-state index contributed by atoms with van der Waals surface area (Å²) < 4.78 is 5.46. The Bertz CT molecular complexity index is 358. The normalized spacial score (nSPS) is 21.8. The molecule has 2 atom stereocenters. The molecule has 1 aliphatic rings. The number of rotatable bonds is 3. The largest absolute Gasteiger partial charge is 0.368 e. The number of nitrogens with one attached hydrogen (secondary N) is 1. The Kier molecular flexibility index (Phi) is 4.15. The first-order valence-electron chi connectivity index (χ1n) is 6.24. The van der Waals surface area contributed by atoms with Gasteiger partial charge in [0.25, 0.3) is 0 Å². The average molecular weight is 233 g/mol. The molecule has 0 aromatic heterocycles. The summed E-state index contributed by atoms with van der Waals surface area (Å²) in [5.74, 6) is 0.0149. The molecule has 92 valence electrons. The maximum absolute atomic E-state index is 11.9. The molecule has 17 heavy (non-hydrogen) atoms. The third kappa shape index (κ3) is 3.30. The summed E-state index contributed by atoms with van der Waals surface area (Å²) in [5, 5.41) is 3.00. The van der Waals surface area contributed by atoms with Gasteiger partial charge in [0, 0.05) is 6.61 Å². The highest BCUT2D eigenvalue weighted by Crippen LogP contribution is 2.16. The summed E-state index contributed by atoms with van der Waals surface area (Å²) in [6.45, 7) is 2.70. The van der Waals surface area contributed by atoms with Gasteiger partial charge in [-0.25, -0.2) is 0 Å². The third-order valence-corrected chi connectivity index (χ3v) is 3.13. The quantitative estimate of drug-likeness (QED) is 0.870. The van der Waals surface area contributed by atoms with Gasteiger partial charge in [-0.05, 0) is 31.7 Å². The van der Waals surface area contributed by atoms with Gasteiger partial charge in [-0.15, -0.1) is 0 Å². The van der Waals surface area contributed by atoms with Crippen LogP contribution in [0.25, 0.3) is 0 Å². The topological polar surface area (TPSA) is 38.3 Å². The van der Waals surface area contributed by atoms with E-state index in [0.717, 1.165) is 24.8 Å². The number of amides is 1. The molecule has 0 aliphatic carbocycles. The molecule has 1 heterocycles. The van der Waals surface area contributed by atoms with Gasteiger partial charge in [-0.2, -0.15) is 0 Å². The van der Waals surface area contributed by atoms with Crippen molar-refractivity contribution in [2.24, 2.45) is 0 Å². The molecular weight excluding hydrogens is 214 g/mol. The number of hydrogen-bond donors (Lipinski definition) is 1. The van der Waals surface area contributed by atoms with Crippen LogP contribution in [0.4, 0.5) is 0 Å². The summed E-state index contributed by atoms with van der Waals surface area (Å²) in [5.41, 5.74) is 1.12. The van der Waals surface area contributed by atoms with Gasteiger partial charge in [-0.1, -0.05) is 30.3 Å². The smallest absolute Gasteiger partial charge is 0.249 e. The van der Waals surface area contributed by atoms with Crippen molar-refractivity contribution >= 4 is 5.91 Å². The second kappa shape index (κ2) is 5.82. The highest BCUT2D eigenvalue weighted by atomic mass is 16.5. The second-order valence-electron chi connectivity index (χ2n) is 4.50. The minimum absolute atomic E-state index is 0.0149. The molecule has 3 nitrogen and oxygen atoms in total. The van der Waals surface area contributed by atoms with Crippen molar-refractivity contribution in [1.82, 2.24) is 5.32 Å². The van der Waals surface area contributed by atoms with Gasteiger partial charge in [0.05, 0.1) is 6.04 Å². The number of hydrogen-bond acceptors (Lipinski definition) is 2. The zero-order valence-electron chi connectivity index (χ0n) is 10.2. The first kappa shape index (κ1) is 12.1. The molecule has 1 aliphatic heterocycles. The van der Waals surface area contributed by atoms with Crippen LogP contribution in [0.1, 0.15) is 37.8 Å². The number of carbonyl (C=O) groups excluding carboxylic acids is 1. The molecule has 1 amide bonds. The number of benzene rings is 1. The minimum Gasteiger partial charge on any atom is -0.368 e. The molecule has 0 spiro atoms. The fourth-order valence-corrected chi connectivity index (χ4v) is 2.08. The van der Waals surface area contributed by atoms with E-state index in [1.165, 1.54) is 0 Å². The van der Waals surface area contributed by atoms with E-state index < -0.39 is 0 Å². The Balaban J connectivity index is 1.89. The van der Waals surface area contributed by atoms with E-state index in [2.05, 4.69) is 5.32 Å². The lowest BCUT2D eigenvalue weighted by Crippen LogP contribution is -2.39. The maximum Gasteiger partial charge on any atom is 0.249 e. The van der Waals surface area contributed by atoms with Crippen molar-refractivity contribution in [3.8, 4) is 0 Å². The molecule has 0 bridgehead atoms. The van der Waals surface area contributed by atoms with Crippen LogP contribution < -0.4 is 5.32 Å². The van der Waals surface area contributed by atoms with Crippen LogP contribution in [0.3, 0.4) is 0 Å². The van der Waals surface area contributed by atoms with Gasteiger partial charge >= 0.3 is 0 Å². The Labute approximate surface area is 102 Å². The predicted octanol–water partition coefficient (Wildman–Crippen LogP) is 2.43. The molecular formula is C14H19NO2. The molecule has 1 aromatic carbocycles. The summed E-state index contributed by atoms with van der Waals surface area (Å²) in [6, 6.07) is 10.0. The lowest BCUT2D eigenvalue weighted by atomic mass is 10.1. The van der Waals surface area contributed by atoms with E-state index in [4.69, 9.17) is 4.74 Å². The molecule has 1 saturated heterocycles.